The number of aromatic nitrogens is 3. The van der Waals surface area contributed by atoms with Gasteiger partial charge in [-0.25, -0.2) is 4.98 Å². The molecule has 2 atom stereocenters. The van der Waals surface area contributed by atoms with Crippen LogP contribution >= 0.6 is 11.8 Å². The molecule has 0 bridgehead atoms. The number of pyridine rings is 1. The zero-order chi connectivity index (χ0) is 22.0. The summed E-state index contributed by atoms with van der Waals surface area (Å²) in [6, 6.07) is 21.6. The molecule has 0 fully saturated rings. The summed E-state index contributed by atoms with van der Waals surface area (Å²) in [5.41, 5.74) is 7.41. The summed E-state index contributed by atoms with van der Waals surface area (Å²) in [5.74, 6) is 0.930. The van der Waals surface area contributed by atoms with Crippen molar-refractivity contribution in [1.29, 1.82) is 5.41 Å². The molecular weight excluding hydrogens is 400 g/mol. The Morgan fingerprint density at radius 3 is 2.23 bits per heavy atom. The van der Waals surface area contributed by atoms with E-state index in [0.29, 0.717) is 5.62 Å². The van der Waals surface area contributed by atoms with E-state index in [4.69, 9.17) is 4.98 Å². The number of hydrogen-bond donors (Lipinski definition) is 1. The highest BCUT2D eigenvalue weighted by Gasteiger charge is 2.22. The van der Waals surface area contributed by atoms with Crippen LogP contribution in [-0.2, 0) is 6.42 Å². The Morgan fingerprint density at radius 2 is 1.58 bits per heavy atom. The smallest absolute Gasteiger partial charge is 0.205 e. The van der Waals surface area contributed by atoms with Crippen LogP contribution in [0.2, 0.25) is 0 Å². The van der Waals surface area contributed by atoms with Crippen LogP contribution in [0.1, 0.15) is 41.3 Å². The third-order valence-electron chi connectivity index (χ3n) is 5.97. The second kappa shape index (κ2) is 9.15. The summed E-state index contributed by atoms with van der Waals surface area (Å²) in [7, 11) is 0. The first kappa shape index (κ1) is 21.4. The molecule has 1 N–H and O–H groups in total. The van der Waals surface area contributed by atoms with Gasteiger partial charge in [-0.2, -0.15) is 11.8 Å². The number of benzene rings is 2. The Hall–Kier alpha value is -2.79. The lowest BCUT2D eigenvalue weighted by Gasteiger charge is -2.19. The van der Waals surface area contributed by atoms with Gasteiger partial charge in [0.15, 0.2) is 5.65 Å². The van der Waals surface area contributed by atoms with Gasteiger partial charge in [0.1, 0.15) is 0 Å². The van der Waals surface area contributed by atoms with Crippen molar-refractivity contribution in [3.05, 3.63) is 94.7 Å². The second-order valence-electron chi connectivity index (χ2n) is 8.30. The number of nitrogens with one attached hydrogen (secondary N) is 1. The molecule has 0 saturated heterocycles. The van der Waals surface area contributed by atoms with Crippen LogP contribution in [0.25, 0.3) is 11.2 Å². The molecule has 31 heavy (non-hydrogen) atoms. The highest BCUT2D eigenvalue weighted by molar-refractivity contribution is 7.98. The Balaban J connectivity index is 1.83. The standard InChI is InChI=1S/C26H30N4S/c1-18-7-11-21(12-8-18)16-23(17-31-4)30-25-24(6-5-15-28-25)29(26(30)27)20(3)22-13-9-19(2)10-14-22/h5-15,20,23,27H,16-17H2,1-4H3/t20?,23-/m0/s1. The Morgan fingerprint density at radius 1 is 0.935 bits per heavy atom. The molecule has 4 aromatic rings. The third kappa shape index (κ3) is 4.33. The monoisotopic (exact) mass is 430 g/mol. The van der Waals surface area contributed by atoms with E-state index < -0.39 is 0 Å². The summed E-state index contributed by atoms with van der Waals surface area (Å²) in [6.07, 6.45) is 4.85. The highest BCUT2D eigenvalue weighted by atomic mass is 32.2. The van der Waals surface area contributed by atoms with Gasteiger partial charge in [-0.15, -0.1) is 0 Å². The van der Waals surface area contributed by atoms with Crippen molar-refractivity contribution in [2.45, 2.75) is 39.3 Å². The van der Waals surface area contributed by atoms with Gasteiger partial charge >= 0.3 is 0 Å². The van der Waals surface area contributed by atoms with Crippen molar-refractivity contribution < 1.29 is 0 Å². The Bertz CT molecular complexity index is 1220. The van der Waals surface area contributed by atoms with E-state index >= 15 is 0 Å². The van der Waals surface area contributed by atoms with Crippen molar-refractivity contribution in [2.24, 2.45) is 0 Å². The summed E-state index contributed by atoms with van der Waals surface area (Å²) >= 11 is 1.82. The van der Waals surface area contributed by atoms with Crippen LogP contribution in [0.5, 0.6) is 0 Å². The number of thioether (sulfide) groups is 1. The molecule has 0 aliphatic carbocycles. The van der Waals surface area contributed by atoms with Gasteiger partial charge < -0.3 is 4.57 Å². The fraction of sp³-hybridized carbons (Fsp3) is 0.308. The third-order valence-corrected chi connectivity index (χ3v) is 6.69. The average Bonchev–Trinajstić information content (AvgIpc) is 3.06. The van der Waals surface area contributed by atoms with Crippen molar-refractivity contribution in [3.8, 4) is 0 Å². The molecule has 1 unspecified atom stereocenters. The van der Waals surface area contributed by atoms with Gasteiger partial charge in [0.2, 0.25) is 5.62 Å². The molecule has 2 heterocycles. The van der Waals surface area contributed by atoms with Gasteiger partial charge in [0.25, 0.3) is 0 Å². The SMILES string of the molecule is CSC[C@H](Cc1ccc(C)cc1)n1c(=N)n(C(C)c2ccc(C)cc2)c2cccnc21. The minimum Gasteiger partial charge on any atom is -0.302 e. The van der Waals surface area contributed by atoms with Gasteiger partial charge in [-0.1, -0.05) is 59.7 Å². The molecular formula is C26H30N4S. The predicted molar refractivity (Wildman–Crippen MR) is 131 cm³/mol. The second-order valence-corrected chi connectivity index (χ2v) is 9.21. The topological polar surface area (TPSA) is 46.6 Å². The molecule has 0 radical (unpaired) electrons. The van der Waals surface area contributed by atoms with Gasteiger partial charge in [-0.3, -0.25) is 9.98 Å². The lowest BCUT2D eigenvalue weighted by Crippen LogP contribution is -2.31. The zero-order valence-electron chi connectivity index (χ0n) is 18.7. The zero-order valence-corrected chi connectivity index (χ0v) is 19.5. The molecule has 2 aromatic heterocycles. The van der Waals surface area contributed by atoms with E-state index in [9.17, 15) is 5.41 Å². The summed E-state index contributed by atoms with van der Waals surface area (Å²) in [5, 5.41) is 9.18. The fourth-order valence-electron chi connectivity index (χ4n) is 4.24. The predicted octanol–water partition coefficient (Wildman–Crippen LogP) is 5.69. The van der Waals surface area contributed by atoms with Crippen molar-refractivity contribution in [3.63, 3.8) is 0 Å². The summed E-state index contributed by atoms with van der Waals surface area (Å²) in [6.45, 7) is 6.39. The lowest BCUT2D eigenvalue weighted by atomic mass is 10.1. The quantitative estimate of drug-likeness (QED) is 0.409. The maximum Gasteiger partial charge on any atom is 0.205 e. The first-order valence-electron chi connectivity index (χ1n) is 10.7. The average molecular weight is 431 g/mol. The van der Waals surface area contributed by atoms with E-state index in [2.05, 4.69) is 90.8 Å². The van der Waals surface area contributed by atoms with E-state index in [-0.39, 0.29) is 12.1 Å². The van der Waals surface area contributed by atoms with Crippen LogP contribution in [0.3, 0.4) is 0 Å². The van der Waals surface area contributed by atoms with E-state index in [1.165, 1.54) is 22.3 Å². The number of hydrogen-bond acceptors (Lipinski definition) is 3. The van der Waals surface area contributed by atoms with Crippen LogP contribution in [0, 0.1) is 19.3 Å². The maximum atomic E-state index is 9.18. The molecule has 4 rings (SSSR count). The normalized spacial score (nSPS) is 13.4. The number of rotatable bonds is 7. The molecule has 4 nitrogen and oxygen atoms in total. The van der Waals surface area contributed by atoms with Gasteiger partial charge in [0.05, 0.1) is 17.6 Å². The molecule has 2 aromatic carbocycles. The van der Waals surface area contributed by atoms with Crippen LogP contribution < -0.4 is 5.62 Å². The Kier molecular flexibility index (Phi) is 6.33. The molecule has 5 heteroatoms. The minimum absolute atomic E-state index is 0.0513. The van der Waals surface area contributed by atoms with E-state index in [1.807, 2.05) is 24.0 Å². The van der Waals surface area contributed by atoms with E-state index in [1.54, 1.807) is 0 Å². The molecule has 0 saturated carbocycles. The molecule has 0 spiro atoms. The molecule has 0 aliphatic heterocycles. The minimum atomic E-state index is 0.0513. The van der Waals surface area contributed by atoms with Crippen molar-refractivity contribution >= 4 is 22.9 Å². The number of nitrogens with zero attached hydrogens (tertiary/aromatic N) is 3. The summed E-state index contributed by atoms with van der Waals surface area (Å²) < 4.78 is 4.26. The number of imidazole rings is 1. The molecule has 0 aliphatic rings. The molecule has 0 amide bonds. The fourth-order valence-corrected chi connectivity index (χ4v) is 4.89. The van der Waals surface area contributed by atoms with Gasteiger partial charge in [0, 0.05) is 11.9 Å². The Labute approximate surface area is 188 Å². The maximum absolute atomic E-state index is 9.18. The van der Waals surface area contributed by atoms with Crippen LogP contribution in [-0.4, -0.2) is 26.1 Å². The van der Waals surface area contributed by atoms with Crippen molar-refractivity contribution in [1.82, 2.24) is 14.1 Å². The van der Waals surface area contributed by atoms with Crippen LogP contribution in [0.4, 0.5) is 0 Å². The van der Waals surface area contributed by atoms with Gasteiger partial charge in [-0.05, 0) is 56.7 Å². The number of aryl methyl sites for hydroxylation is 2. The van der Waals surface area contributed by atoms with E-state index in [0.717, 1.165) is 23.3 Å². The first-order valence-corrected chi connectivity index (χ1v) is 12.1. The number of fused-ring (bicyclic) bond motifs is 1. The summed E-state index contributed by atoms with van der Waals surface area (Å²) in [4.78, 5) is 4.72. The first-order chi connectivity index (χ1) is 15.0. The molecule has 160 valence electrons. The van der Waals surface area contributed by atoms with Crippen molar-refractivity contribution in [2.75, 3.05) is 12.0 Å². The van der Waals surface area contributed by atoms with Crippen LogP contribution in [0.15, 0.2) is 66.9 Å². The largest absolute Gasteiger partial charge is 0.302 e. The lowest BCUT2D eigenvalue weighted by molar-refractivity contribution is 0.501. The highest BCUT2D eigenvalue weighted by Crippen LogP contribution is 2.26.